The van der Waals surface area contributed by atoms with Crippen molar-refractivity contribution >= 4 is 11.6 Å². The van der Waals surface area contributed by atoms with Gasteiger partial charge in [0.2, 0.25) is 0 Å². The molecule has 0 bridgehead atoms. The molecule has 0 atom stereocenters. The molecule has 0 aromatic heterocycles. The number of benzene rings is 1. The topological polar surface area (TPSA) is 87.2 Å². The van der Waals surface area contributed by atoms with Gasteiger partial charge in [-0.15, -0.1) is 0 Å². The van der Waals surface area contributed by atoms with Gasteiger partial charge in [0.1, 0.15) is 12.4 Å². The average molecular weight is 265 g/mol. The van der Waals surface area contributed by atoms with Crippen molar-refractivity contribution in [1.29, 1.82) is 5.26 Å². The molecule has 0 spiro atoms. The van der Waals surface area contributed by atoms with Gasteiger partial charge >= 0.3 is 0 Å². The van der Waals surface area contributed by atoms with Crippen molar-refractivity contribution in [2.45, 2.75) is 19.9 Å². The molecule has 19 heavy (non-hydrogen) atoms. The highest BCUT2D eigenvalue weighted by Gasteiger charge is 2.21. The van der Waals surface area contributed by atoms with Gasteiger partial charge in [-0.05, 0) is 19.9 Å². The molecule has 1 amide bonds. The minimum Gasteiger partial charge on any atom is -0.323 e. The zero-order chi connectivity index (χ0) is 14.6. The Hall–Kier alpha value is -2.49. The lowest BCUT2D eigenvalue weighted by molar-refractivity contribution is -0.385. The Kier molecular flexibility index (Phi) is 4.53. The third-order valence-electron chi connectivity index (χ3n) is 2.47. The SMILES string of the molecule is CC(C)N(CC#N)C(=O)c1cc(F)cc([N+](=O)[O-])c1. The predicted molar refractivity (Wildman–Crippen MR) is 64.8 cm³/mol. The van der Waals surface area contributed by atoms with E-state index in [2.05, 4.69) is 0 Å². The molecule has 0 fully saturated rings. The lowest BCUT2D eigenvalue weighted by Gasteiger charge is -2.23. The number of carbonyl (C=O) groups is 1. The number of non-ortho nitro benzene ring substituents is 1. The second-order valence-corrected chi connectivity index (χ2v) is 4.14. The van der Waals surface area contributed by atoms with Gasteiger partial charge in [0, 0.05) is 17.7 Å². The highest BCUT2D eigenvalue weighted by Crippen LogP contribution is 2.18. The van der Waals surface area contributed by atoms with Crippen LogP contribution < -0.4 is 0 Å². The Labute approximate surface area is 109 Å². The molecule has 7 heteroatoms. The fraction of sp³-hybridized carbons (Fsp3) is 0.333. The van der Waals surface area contributed by atoms with Crippen molar-refractivity contribution in [3.05, 3.63) is 39.7 Å². The van der Waals surface area contributed by atoms with E-state index in [-0.39, 0.29) is 18.2 Å². The van der Waals surface area contributed by atoms with Crippen LogP contribution in [0.1, 0.15) is 24.2 Å². The van der Waals surface area contributed by atoms with Crippen molar-refractivity contribution in [3.63, 3.8) is 0 Å². The van der Waals surface area contributed by atoms with Gasteiger partial charge in [0.25, 0.3) is 11.6 Å². The van der Waals surface area contributed by atoms with Crippen molar-refractivity contribution in [2.75, 3.05) is 6.54 Å². The van der Waals surface area contributed by atoms with Crippen LogP contribution in [0.2, 0.25) is 0 Å². The fourth-order valence-corrected chi connectivity index (χ4v) is 1.53. The normalized spacial score (nSPS) is 10.1. The lowest BCUT2D eigenvalue weighted by Crippen LogP contribution is -2.37. The summed E-state index contributed by atoms with van der Waals surface area (Å²) in [5.74, 6) is -1.47. The molecule has 6 nitrogen and oxygen atoms in total. The van der Waals surface area contributed by atoms with Crippen LogP contribution in [0, 0.1) is 27.3 Å². The van der Waals surface area contributed by atoms with Gasteiger partial charge in [-0.2, -0.15) is 5.26 Å². The molecule has 0 radical (unpaired) electrons. The summed E-state index contributed by atoms with van der Waals surface area (Å²) < 4.78 is 13.3. The maximum atomic E-state index is 13.3. The zero-order valence-electron chi connectivity index (χ0n) is 10.5. The average Bonchev–Trinajstić information content (AvgIpc) is 2.33. The maximum absolute atomic E-state index is 13.3. The molecule has 0 N–H and O–H groups in total. The molecule has 0 saturated heterocycles. The first-order valence-corrected chi connectivity index (χ1v) is 5.49. The van der Waals surface area contributed by atoms with E-state index in [0.29, 0.717) is 0 Å². The molecule has 0 aliphatic rings. The highest BCUT2D eigenvalue weighted by atomic mass is 19.1. The molecule has 0 heterocycles. The van der Waals surface area contributed by atoms with E-state index >= 15 is 0 Å². The second kappa shape index (κ2) is 5.91. The minimum absolute atomic E-state index is 0.143. The van der Waals surface area contributed by atoms with Gasteiger partial charge in [0.05, 0.1) is 17.1 Å². The van der Waals surface area contributed by atoms with Crippen LogP contribution in [0.3, 0.4) is 0 Å². The summed E-state index contributed by atoms with van der Waals surface area (Å²) in [5, 5.41) is 19.3. The van der Waals surface area contributed by atoms with Crippen molar-refractivity contribution in [1.82, 2.24) is 4.90 Å². The number of hydrogen-bond acceptors (Lipinski definition) is 4. The standard InChI is InChI=1S/C12H12FN3O3/c1-8(2)15(4-3-14)12(17)9-5-10(13)7-11(6-9)16(18)19/h5-8H,4H2,1-2H3. The minimum atomic E-state index is -0.863. The number of nitro benzene ring substituents is 1. The molecular formula is C12H12FN3O3. The van der Waals surface area contributed by atoms with Gasteiger partial charge in [-0.1, -0.05) is 0 Å². The summed E-state index contributed by atoms with van der Waals surface area (Å²) in [4.78, 5) is 23.1. The number of nitro groups is 1. The Morgan fingerprint density at radius 3 is 2.63 bits per heavy atom. The van der Waals surface area contributed by atoms with E-state index in [0.717, 1.165) is 18.2 Å². The van der Waals surface area contributed by atoms with Crippen LogP contribution in [0.25, 0.3) is 0 Å². The number of rotatable bonds is 4. The second-order valence-electron chi connectivity index (χ2n) is 4.14. The molecule has 0 saturated carbocycles. The van der Waals surface area contributed by atoms with Crippen molar-refractivity contribution in [2.24, 2.45) is 0 Å². The predicted octanol–water partition coefficient (Wildman–Crippen LogP) is 2.11. The molecular weight excluding hydrogens is 253 g/mol. The molecule has 0 aliphatic heterocycles. The molecule has 0 aliphatic carbocycles. The van der Waals surface area contributed by atoms with E-state index in [1.165, 1.54) is 4.90 Å². The molecule has 0 unspecified atom stereocenters. The van der Waals surface area contributed by atoms with E-state index in [9.17, 15) is 19.3 Å². The Morgan fingerprint density at radius 1 is 1.53 bits per heavy atom. The number of hydrogen-bond donors (Lipinski definition) is 0. The summed E-state index contributed by atoms with van der Waals surface area (Å²) in [5.41, 5.74) is -0.639. The third kappa shape index (κ3) is 3.48. The quantitative estimate of drug-likeness (QED) is 0.474. The first-order chi connectivity index (χ1) is 8.86. The number of halogens is 1. The lowest BCUT2D eigenvalue weighted by atomic mass is 10.1. The third-order valence-corrected chi connectivity index (χ3v) is 2.47. The van der Waals surface area contributed by atoms with E-state index < -0.39 is 22.3 Å². The molecule has 1 aromatic rings. The maximum Gasteiger partial charge on any atom is 0.273 e. The van der Waals surface area contributed by atoms with E-state index in [4.69, 9.17) is 5.26 Å². The Bertz CT molecular complexity index is 552. The van der Waals surface area contributed by atoms with Crippen molar-refractivity contribution < 1.29 is 14.1 Å². The van der Waals surface area contributed by atoms with Crippen LogP contribution in [0.15, 0.2) is 18.2 Å². The first-order valence-electron chi connectivity index (χ1n) is 5.49. The monoisotopic (exact) mass is 265 g/mol. The van der Waals surface area contributed by atoms with Gasteiger partial charge in [-0.25, -0.2) is 4.39 Å². The van der Waals surface area contributed by atoms with Gasteiger partial charge in [-0.3, -0.25) is 14.9 Å². The Morgan fingerprint density at radius 2 is 2.16 bits per heavy atom. The molecule has 1 aromatic carbocycles. The fourth-order valence-electron chi connectivity index (χ4n) is 1.53. The summed E-state index contributed by atoms with van der Waals surface area (Å²) >= 11 is 0. The largest absolute Gasteiger partial charge is 0.323 e. The van der Waals surface area contributed by atoms with E-state index in [1.54, 1.807) is 13.8 Å². The molecule has 100 valence electrons. The Balaban J connectivity index is 3.18. The van der Waals surface area contributed by atoms with Crippen LogP contribution >= 0.6 is 0 Å². The van der Waals surface area contributed by atoms with Crippen LogP contribution in [0.5, 0.6) is 0 Å². The van der Waals surface area contributed by atoms with Gasteiger partial charge in [0.15, 0.2) is 0 Å². The zero-order valence-corrected chi connectivity index (χ0v) is 10.5. The number of carbonyl (C=O) groups excluding carboxylic acids is 1. The summed E-state index contributed by atoms with van der Waals surface area (Å²) in [7, 11) is 0. The molecule has 1 rings (SSSR count). The van der Waals surface area contributed by atoms with Crippen LogP contribution in [-0.2, 0) is 0 Å². The smallest absolute Gasteiger partial charge is 0.273 e. The first kappa shape index (κ1) is 14.6. The summed E-state index contributed by atoms with van der Waals surface area (Å²) in [6.45, 7) is 3.23. The van der Waals surface area contributed by atoms with E-state index in [1.807, 2.05) is 6.07 Å². The number of amides is 1. The van der Waals surface area contributed by atoms with Crippen LogP contribution in [0.4, 0.5) is 10.1 Å². The number of nitrogens with zero attached hydrogens (tertiary/aromatic N) is 3. The summed E-state index contributed by atoms with van der Waals surface area (Å²) in [6, 6.07) is 4.21. The number of nitriles is 1. The van der Waals surface area contributed by atoms with Gasteiger partial charge < -0.3 is 4.90 Å². The highest BCUT2D eigenvalue weighted by molar-refractivity contribution is 5.95. The summed E-state index contributed by atoms with van der Waals surface area (Å²) in [6.07, 6.45) is 0. The van der Waals surface area contributed by atoms with Crippen LogP contribution in [-0.4, -0.2) is 28.3 Å². The van der Waals surface area contributed by atoms with Crippen molar-refractivity contribution in [3.8, 4) is 6.07 Å².